The number of methoxy groups -OCH3 is 1. The third-order valence-corrected chi connectivity index (χ3v) is 4.00. The molecule has 0 N–H and O–H groups in total. The maximum Gasteiger partial charge on any atom is 0.343 e. The molecule has 0 fully saturated rings. The molecule has 0 radical (unpaired) electrons. The van der Waals surface area contributed by atoms with Gasteiger partial charge in [-0.1, -0.05) is 23.7 Å². The Morgan fingerprint density at radius 2 is 1.78 bits per heavy atom. The van der Waals surface area contributed by atoms with E-state index in [1.807, 2.05) is 12.1 Å². The highest BCUT2D eigenvalue weighted by molar-refractivity contribution is 6.33. The summed E-state index contributed by atoms with van der Waals surface area (Å²) in [6, 6.07) is 17.4. The van der Waals surface area contributed by atoms with Crippen molar-refractivity contribution in [3.8, 4) is 11.5 Å². The Hall–Kier alpha value is -3.18. The van der Waals surface area contributed by atoms with Gasteiger partial charge in [0.2, 0.25) is 0 Å². The predicted octanol–water partition coefficient (Wildman–Crippen LogP) is 5.46. The average molecular weight is 384 g/mol. The Labute approximate surface area is 160 Å². The highest BCUT2D eigenvalue weighted by Crippen LogP contribution is 2.29. The van der Waals surface area contributed by atoms with Gasteiger partial charge in [-0.15, -0.1) is 0 Å². The van der Waals surface area contributed by atoms with Crippen LogP contribution < -0.4 is 9.47 Å². The van der Waals surface area contributed by atoms with Crippen LogP contribution in [-0.2, 0) is 0 Å². The number of hydrogen-bond donors (Lipinski definition) is 0. The lowest BCUT2D eigenvalue weighted by molar-refractivity contribution is 0.0729. The smallest absolute Gasteiger partial charge is 0.343 e. The van der Waals surface area contributed by atoms with Crippen molar-refractivity contribution >= 4 is 29.5 Å². The maximum atomic E-state index is 13.0. The molecule has 0 spiro atoms. The normalized spacial score (nSPS) is 10.8. The molecular weight excluding hydrogens is 369 g/mol. The summed E-state index contributed by atoms with van der Waals surface area (Å²) in [6.07, 6.45) is 1.63. The van der Waals surface area contributed by atoms with Crippen LogP contribution in [0.3, 0.4) is 0 Å². The van der Waals surface area contributed by atoms with Crippen LogP contribution in [-0.4, -0.2) is 19.3 Å². The number of hydrogen-bond acceptors (Lipinski definition) is 4. The second kappa shape index (κ2) is 8.47. The van der Waals surface area contributed by atoms with Gasteiger partial charge in [0, 0.05) is 6.21 Å². The van der Waals surface area contributed by atoms with Crippen molar-refractivity contribution in [2.75, 3.05) is 7.11 Å². The van der Waals surface area contributed by atoms with E-state index in [1.165, 1.54) is 31.4 Å². The van der Waals surface area contributed by atoms with Crippen LogP contribution in [0.15, 0.2) is 71.7 Å². The van der Waals surface area contributed by atoms with Crippen molar-refractivity contribution in [1.82, 2.24) is 0 Å². The fraction of sp³-hybridized carbons (Fsp3) is 0.0476. The summed E-state index contributed by atoms with van der Waals surface area (Å²) in [5, 5.41) is 0.547. The molecule has 0 saturated carbocycles. The van der Waals surface area contributed by atoms with Crippen molar-refractivity contribution in [3.63, 3.8) is 0 Å². The van der Waals surface area contributed by atoms with Gasteiger partial charge in [-0.25, -0.2) is 9.18 Å². The second-order valence-electron chi connectivity index (χ2n) is 5.52. The predicted molar refractivity (Wildman–Crippen MR) is 103 cm³/mol. The second-order valence-corrected chi connectivity index (χ2v) is 5.92. The van der Waals surface area contributed by atoms with E-state index >= 15 is 0 Å². The molecular formula is C21H15ClFNO3. The van der Waals surface area contributed by atoms with Crippen LogP contribution in [0.25, 0.3) is 0 Å². The minimum atomic E-state index is -0.606. The van der Waals surface area contributed by atoms with E-state index < -0.39 is 11.8 Å². The molecule has 0 aliphatic carbocycles. The molecule has 0 saturated heterocycles. The first-order valence-corrected chi connectivity index (χ1v) is 8.39. The van der Waals surface area contributed by atoms with Gasteiger partial charge < -0.3 is 9.47 Å². The number of aliphatic imine (C=N–C) groups is 1. The number of nitrogens with zero attached hydrogens (tertiary/aromatic N) is 1. The van der Waals surface area contributed by atoms with E-state index in [-0.39, 0.29) is 11.3 Å². The first-order valence-electron chi connectivity index (χ1n) is 8.01. The molecule has 0 unspecified atom stereocenters. The topological polar surface area (TPSA) is 47.9 Å². The molecule has 0 bridgehead atoms. The van der Waals surface area contributed by atoms with Gasteiger partial charge in [0.1, 0.15) is 5.82 Å². The van der Waals surface area contributed by atoms with Gasteiger partial charge in [0.15, 0.2) is 11.5 Å². The molecule has 0 aliphatic heterocycles. The molecule has 0 amide bonds. The molecule has 0 aliphatic rings. The summed E-state index contributed by atoms with van der Waals surface area (Å²) in [4.78, 5) is 16.5. The van der Waals surface area contributed by atoms with Crippen LogP contribution in [0.4, 0.5) is 10.1 Å². The summed E-state index contributed by atoms with van der Waals surface area (Å²) in [5.74, 6) is -0.410. The van der Waals surface area contributed by atoms with Crippen LogP contribution in [0.2, 0.25) is 5.02 Å². The average Bonchev–Trinajstić information content (AvgIpc) is 2.68. The lowest BCUT2D eigenvalue weighted by Crippen LogP contribution is -2.09. The van der Waals surface area contributed by atoms with E-state index in [2.05, 4.69) is 4.99 Å². The molecule has 0 atom stereocenters. The summed E-state index contributed by atoms with van der Waals surface area (Å²) >= 11 is 6.08. The number of ether oxygens (including phenoxy) is 2. The van der Waals surface area contributed by atoms with E-state index in [9.17, 15) is 9.18 Å². The van der Waals surface area contributed by atoms with Gasteiger partial charge in [-0.05, 0) is 60.2 Å². The summed E-state index contributed by atoms with van der Waals surface area (Å²) in [7, 11) is 1.47. The quantitative estimate of drug-likeness (QED) is 0.334. The number of benzene rings is 3. The van der Waals surface area contributed by atoms with Crippen molar-refractivity contribution in [2.24, 2.45) is 4.99 Å². The molecule has 0 aromatic heterocycles. The van der Waals surface area contributed by atoms with Gasteiger partial charge in [-0.2, -0.15) is 0 Å². The zero-order valence-corrected chi connectivity index (χ0v) is 15.1. The highest BCUT2D eigenvalue weighted by Gasteiger charge is 2.13. The Morgan fingerprint density at radius 3 is 2.48 bits per heavy atom. The Kier molecular flexibility index (Phi) is 5.84. The van der Waals surface area contributed by atoms with Crippen LogP contribution in [0, 0.1) is 5.82 Å². The first-order chi connectivity index (χ1) is 13.1. The number of halogens is 2. The molecule has 27 heavy (non-hydrogen) atoms. The number of carbonyl (C=O) groups is 1. The van der Waals surface area contributed by atoms with E-state index in [1.54, 1.807) is 36.5 Å². The zero-order valence-electron chi connectivity index (χ0n) is 14.4. The molecule has 3 aromatic carbocycles. The zero-order chi connectivity index (χ0) is 19.2. The van der Waals surface area contributed by atoms with E-state index in [0.29, 0.717) is 16.5 Å². The fourth-order valence-electron chi connectivity index (χ4n) is 2.29. The minimum Gasteiger partial charge on any atom is -0.493 e. The monoisotopic (exact) mass is 383 g/mol. The number of para-hydroxylation sites is 1. The Bertz CT molecular complexity index is 987. The molecule has 6 heteroatoms. The molecule has 4 nitrogen and oxygen atoms in total. The van der Waals surface area contributed by atoms with Gasteiger partial charge in [0.05, 0.1) is 23.4 Å². The van der Waals surface area contributed by atoms with Crippen LogP contribution in [0.1, 0.15) is 15.9 Å². The first kappa shape index (κ1) is 18.6. The lowest BCUT2D eigenvalue weighted by Gasteiger charge is -2.10. The Morgan fingerprint density at radius 1 is 1.04 bits per heavy atom. The summed E-state index contributed by atoms with van der Waals surface area (Å²) in [5.41, 5.74) is 1.63. The van der Waals surface area contributed by atoms with Crippen LogP contribution in [0.5, 0.6) is 11.5 Å². The summed E-state index contributed by atoms with van der Waals surface area (Å²) in [6.45, 7) is 0. The van der Waals surface area contributed by atoms with Crippen molar-refractivity contribution in [1.29, 1.82) is 0 Å². The van der Waals surface area contributed by atoms with Gasteiger partial charge in [-0.3, -0.25) is 4.99 Å². The van der Waals surface area contributed by atoms with Crippen LogP contribution >= 0.6 is 11.6 Å². The lowest BCUT2D eigenvalue weighted by atomic mass is 10.2. The maximum absolute atomic E-state index is 13.0. The van der Waals surface area contributed by atoms with Gasteiger partial charge in [0.25, 0.3) is 0 Å². The number of rotatable bonds is 5. The molecule has 0 heterocycles. The third kappa shape index (κ3) is 4.71. The minimum absolute atomic E-state index is 0.239. The fourth-order valence-corrected chi connectivity index (χ4v) is 2.48. The Balaban J connectivity index is 1.79. The highest BCUT2D eigenvalue weighted by atomic mass is 35.5. The van der Waals surface area contributed by atoms with Gasteiger partial charge >= 0.3 is 5.97 Å². The largest absolute Gasteiger partial charge is 0.493 e. The molecule has 136 valence electrons. The third-order valence-electron chi connectivity index (χ3n) is 3.68. The van der Waals surface area contributed by atoms with E-state index in [0.717, 1.165) is 5.56 Å². The SMILES string of the molecule is COc1cc(C=Nc2ccccc2Cl)ccc1OC(=O)c1ccc(F)cc1. The molecule has 3 rings (SSSR count). The number of carbonyl (C=O) groups excluding carboxylic acids is 1. The molecule has 3 aromatic rings. The summed E-state index contributed by atoms with van der Waals surface area (Å²) < 4.78 is 23.6. The van der Waals surface area contributed by atoms with Crippen molar-refractivity contribution < 1.29 is 18.7 Å². The standard InChI is InChI=1S/C21H15ClFNO3/c1-26-20-12-14(13-24-18-5-3-2-4-17(18)22)6-11-19(20)27-21(25)15-7-9-16(23)10-8-15/h2-13H,1H3. The number of esters is 1. The van der Waals surface area contributed by atoms with E-state index in [4.69, 9.17) is 21.1 Å². The van der Waals surface area contributed by atoms with Crippen molar-refractivity contribution in [3.05, 3.63) is 88.7 Å². The van der Waals surface area contributed by atoms with Crippen molar-refractivity contribution in [2.45, 2.75) is 0 Å².